The molecule has 1 aromatic carbocycles. The molecule has 0 atom stereocenters. The molecule has 3 N–H and O–H groups in total. The Morgan fingerprint density at radius 2 is 1.95 bits per heavy atom. The van der Waals surface area contributed by atoms with Crippen molar-refractivity contribution in [2.24, 2.45) is 0 Å². The number of amides is 1. The number of anilines is 1. The zero-order valence-electron chi connectivity index (χ0n) is 12.1. The summed E-state index contributed by atoms with van der Waals surface area (Å²) >= 11 is 0. The van der Waals surface area contributed by atoms with Crippen molar-refractivity contribution in [1.82, 2.24) is 15.5 Å². The van der Waals surface area contributed by atoms with Crippen molar-refractivity contribution in [1.29, 1.82) is 0 Å². The van der Waals surface area contributed by atoms with E-state index in [2.05, 4.69) is 20.8 Å². The van der Waals surface area contributed by atoms with E-state index < -0.39 is 0 Å². The van der Waals surface area contributed by atoms with Gasteiger partial charge in [-0.3, -0.25) is 9.89 Å². The molecule has 0 aliphatic heterocycles. The van der Waals surface area contributed by atoms with E-state index in [1.54, 1.807) is 0 Å². The summed E-state index contributed by atoms with van der Waals surface area (Å²) in [7, 11) is 0. The van der Waals surface area contributed by atoms with Gasteiger partial charge in [-0.25, -0.2) is 0 Å². The second-order valence-electron chi connectivity index (χ2n) is 4.70. The molecule has 0 saturated heterocycles. The number of aromatic amines is 1. The number of carbonyl (C=O) groups excluding carboxylic acids is 1. The average molecular weight is 272 g/mol. The molecule has 0 bridgehead atoms. The average Bonchev–Trinajstić information content (AvgIpc) is 2.77. The zero-order chi connectivity index (χ0) is 14.5. The van der Waals surface area contributed by atoms with Crippen molar-refractivity contribution in [2.45, 2.75) is 27.3 Å². The number of rotatable bonds is 5. The summed E-state index contributed by atoms with van der Waals surface area (Å²) in [4.78, 5) is 11.6. The minimum atomic E-state index is -0.0411. The number of benzene rings is 1. The number of hydrogen-bond acceptors (Lipinski definition) is 3. The van der Waals surface area contributed by atoms with E-state index >= 15 is 0 Å². The van der Waals surface area contributed by atoms with E-state index in [0.29, 0.717) is 18.7 Å². The number of carbonyl (C=O) groups is 1. The SMILES string of the molecule is CCNC(=O)c1ccc(NCc2c(C)n[nH]c2C)cc1. The third-order valence-electron chi connectivity index (χ3n) is 3.23. The first-order valence-electron chi connectivity index (χ1n) is 6.74. The number of aromatic nitrogens is 2. The minimum absolute atomic E-state index is 0.0411. The lowest BCUT2D eigenvalue weighted by Crippen LogP contribution is -2.22. The second-order valence-corrected chi connectivity index (χ2v) is 4.70. The molecule has 20 heavy (non-hydrogen) atoms. The summed E-state index contributed by atoms with van der Waals surface area (Å²) < 4.78 is 0. The van der Waals surface area contributed by atoms with Gasteiger partial charge in [0.1, 0.15) is 0 Å². The maximum atomic E-state index is 11.6. The Morgan fingerprint density at radius 3 is 2.50 bits per heavy atom. The lowest BCUT2D eigenvalue weighted by molar-refractivity contribution is 0.0956. The van der Waals surface area contributed by atoms with E-state index in [-0.39, 0.29) is 5.91 Å². The van der Waals surface area contributed by atoms with Gasteiger partial charge in [-0.05, 0) is 45.0 Å². The molecule has 2 rings (SSSR count). The summed E-state index contributed by atoms with van der Waals surface area (Å²) in [6, 6.07) is 7.47. The van der Waals surface area contributed by atoms with Crippen LogP contribution in [0.25, 0.3) is 0 Å². The van der Waals surface area contributed by atoms with E-state index in [1.807, 2.05) is 45.0 Å². The quantitative estimate of drug-likeness (QED) is 0.782. The summed E-state index contributed by atoms with van der Waals surface area (Å²) in [6.45, 7) is 7.25. The number of hydrogen-bond donors (Lipinski definition) is 3. The molecule has 0 spiro atoms. The van der Waals surface area contributed by atoms with Gasteiger partial charge in [0, 0.05) is 35.6 Å². The Balaban J connectivity index is 1.99. The van der Waals surface area contributed by atoms with Crippen LogP contribution in [0, 0.1) is 13.8 Å². The third kappa shape index (κ3) is 3.17. The lowest BCUT2D eigenvalue weighted by atomic mass is 10.1. The van der Waals surface area contributed by atoms with E-state index in [0.717, 1.165) is 17.1 Å². The van der Waals surface area contributed by atoms with E-state index in [9.17, 15) is 4.79 Å². The van der Waals surface area contributed by atoms with Crippen LogP contribution in [0.3, 0.4) is 0 Å². The first-order valence-corrected chi connectivity index (χ1v) is 6.74. The molecule has 5 nitrogen and oxygen atoms in total. The number of H-pyrrole nitrogens is 1. The van der Waals surface area contributed by atoms with Crippen molar-refractivity contribution in [3.63, 3.8) is 0 Å². The number of nitrogens with zero attached hydrogens (tertiary/aromatic N) is 1. The highest BCUT2D eigenvalue weighted by atomic mass is 16.1. The number of nitrogens with one attached hydrogen (secondary N) is 3. The second kappa shape index (κ2) is 6.23. The summed E-state index contributed by atoms with van der Waals surface area (Å²) in [5.41, 5.74) is 4.92. The van der Waals surface area contributed by atoms with E-state index in [4.69, 9.17) is 0 Å². The summed E-state index contributed by atoms with van der Waals surface area (Å²) in [6.07, 6.45) is 0. The Kier molecular flexibility index (Phi) is 4.40. The zero-order valence-corrected chi connectivity index (χ0v) is 12.1. The van der Waals surface area contributed by atoms with Gasteiger partial charge in [0.2, 0.25) is 0 Å². The van der Waals surface area contributed by atoms with Crippen molar-refractivity contribution in [3.05, 3.63) is 46.8 Å². The smallest absolute Gasteiger partial charge is 0.251 e. The predicted molar refractivity (Wildman–Crippen MR) is 79.8 cm³/mol. The predicted octanol–water partition coefficient (Wildman–Crippen LogP) is 2.39. The molecule has 106 valence electrons. The van der Waals surface area contributed by atoms with Crippen molar-refractivity contribution in [3.8, 4) is 0 Å². The monoisotopic (exact) mass is 272 g/mol. The van der Waals surface area contributed by atoms with E-state index in [1.165, 1.54) is 5.56 Å². The molecular weight excluding hydrogens is 252 g/mol. The first-order chi connectivity index (χ1) is 9.61. The molecule has 1 heterocycles. The Morgan fingerprint density at radius 1 is 1.25 bits per heavy atom. The molecule has 2 aromatic rings. The molecule has 0 saturated carbocycles. The molecule has 1 aromatic heterocycles. The first kappa shape index (κ1) is 14.1. The fourth-order valence-corrected chi connectivity index (χ4v) is 2.03. The van der Waals surface area contributed by atoms with Gasteiger partial charge in [0.25, 0.3) is 5.91 Å². The Bertz CT molecular complexity index is 567. The van der Waals surface area contributed by atoms with Gasteiger partial charge in [-0.2, -0.15) is 5.10 Å². The maximum absolute atomic E-state index is 11.6. The molecule has 0 aliphatic carbocycles. The summed E-state index contributed by atoms with van der Waals surface area (Å²) in [5, 5.41) is 13.3. The highest BCUT2D eigenvalue weighted by molar-refractivity contribution is 5.94. The molecule has 0 radical (unpaired) electrons. The van der Waals surface area contributed by atoms with Crippen LogP contribution in [0.2, 0.25) is 0 Å². The highest BCUT2D eigenvalue weighted by Crippen LogP contribution is 2.14. The van der Waals surface area contributed by atoms with Crippen molar-refractivity contribution < 1.29 is 4.79 Å². The van der Waals surface area contributed by atoms with Crippen LogP contribution in [0.1, 0.15) is 34.2 Å². The molecular formula is C15H20N4O. The summed E-state index contributed by atoms with van der Waals surface area (Å²) in [5.74, 6) is -0.0411. The fraction of sp³-hybridized carbons (Fsp3) is 0.333. The van der Waals surface area contributed by atoms with Crippen LogP contribution in [0.4, 0.5) is 5.69 Å². The van der Waals surface area contributed by atoms with Crippen molar-refractivity contribution >= 4 is 11.6 Å². The van der Waals surface area contributed by atoms with Gasteiger partial charge >= 0.3 is 0 Å². The fourth-order valence-electron chi connectivity index (χ4n) is 2.03. The van der Waals surface area contributed by atoms with Crippen LogP contribution in [0.15, 0.2) is 24.3 Å². The normalized spacial score (nSPS) is 10.3. The third-order valence-corrected chi connectivity index (χ3v) is 3.23. The largest absolute Gasteiger partial charge is 0.381 e. The van der Waals surface area contributed by atoms with Gasteiger partial charge in [-0.15, -0.1) is 0 Å². The van der Waals surface area contributed by atoms with Crippen LogP contribution in [-0.4, -0.2) is 22.6 Å². The maximum Gasteiger partial charge on any atom is 0.251 e. The molecule has 0 fully saturated rings. The topological polar surface area (TPSA) is 69.8 Å². The molecule has 1 amide bonds. The van der Waals surface area contributed by atoms with Crippen LogP contribution < -0.4 is 10.6 Å². The molecule has 0 aliphatic rings. The van der Waals surface area contributed by atoms with Gasteiger partial charge in [0.15, 0.2) is 0 Å². The Labute approximate surface area is 118 Å². The van der Waals surface area contributed by atoms with Gasteiger partial charge < -0.3 is 10.6 Å². The standard InChI is InChI=1S/C15H20N4O/c1-4-16-15(20)12-5-7-13(8-6-12)17-9-14-10(2)18-19-11(14)3/h5-8,17H,4,9H2,1-3H3,(H,16,20)(H,18,19). The van der Waals surface area contributed by atoms with Crippen LogP contribution in [-0.2, 0) is 6.54 Å². The highest BCUT2D eigenvalue weighted by Gasteiger charge is 2.06. The van der Waals surface area contributed by atoms with Gasteiger partial charge in [0.05, 0.1) is 5.69 Å². The van der Waals surface area contributed by atoms with Crippen LogP contribution >= 0.6 is 0 Å². The molecule has 5 heteroatoms. The Hall–Kier alpha value is -2.30. The van der Waals surface area contributed by atoms with Gasteiger partial charge in [-0.1, -0.05) is 0 Å². The lowest BCUT2D eigenvalue weighted by Gasteiger charge is -2.08. The number of aryl methyl sites for hydroxylation is 2. The van der Waals surface area contributed by atoms with Crippen molar-refractivity contribution in [2.75, 3.05) is 11.9 Å². The van der Waals surface area contributed by atoms with Crippen LogP contribution in [0.5, 0.6) is 0 Å². The molecule has 0 unspecified atom stereocenters. The minimum Gasteiger partial charge on any atom is -0.381 e.